The Morgan fingerprint density at radius 3 is 1.50 bits per heavy atom. The smallest absolute Gasteiger partial charge is 0.271 e. The van der Waals surface area contributed by atoms with Crippen LogP contribution in [0.4, 0.5) is 0 Å². The van der Waals surface area contributed by atoms with Crippen LogP contribution in [-0.2, 0) is 4.43 Å². The fraction of sp³-hybridized carbons (Fsp3) is 1.00. The molecule has 0 aliphatic heterocycles. The maximum absolute atomic E-state index is 6.76. The Bertz CT molecular complexity index is 192. The summed E-state index contributed by atoms with van der Waals surface area (Å²) < 4.78 is 5.93. The second-order valence-electron chi connectivity index (χ2n) is 5.73. The molecule has 0 radical (unpaired) electrons. The first-order valence-corrected chi connectivity index (χ1v) is 9.25. The molecule has 0 aromatic heterocycles. The van der Waals surface area contributed by atoms with Crippen LogP contribution in [0.25, 0.3) is 0 Å². The van der Waals surface area contributed by atoms with Gasteiger partial charge in [0.15, 0.2) is 0 Å². The third-order valence-electron chi connectivity index (χ3n) is 4.84. The van der Waals surface area contributed by atoms with Gasteiger partial charge in [-0.15, -0.1) is 0 Å². The summed E-state index contributed by atoms with van der Waals surface area (Å²) in [6.45, 7) is 0. The first-order valence-electron chi connectivity index (χ1n) is 7.11. The number of hydrogen-bond donors (Lipinski definition) is 1. The van der Waals surface area contributed by atoms with Crippen molar-refractivity contribution in [3.63, 3.8) is 0 Å². The molecule has 0 heterocycles. The van der Waals surface area contributed by atoms with Gasteiger partial charge in [-0.1, -0.05) is 38.5 Å². The third kappa shape index (κ3) is 2.52. The first-order chi connectivity index (χ1) is 7.77. The van der Waals surface area contributed by atoms with Crippen LogP contribution >= 0.6 is 0 Å². The maximum Gasteiger partial charge on any atom is 0.271 e. The summed E-state index contributed by atoms with van der Waals surface area (Å²) in [4.78, 5) is 0. The zero-order chi connectivity index (χ0) is 11.4. The molecule has 2 saturated carbocycles. The summed E-state index contributed by atoms with van der Waals surface area (Å²) >= 11 is 0. The largest absolute Gasteiger partial charge is 0.406 e. The molecule has 0 aromatic carbocycles. The quantitative estimate of drug-likeness (QED) is 0.765. The van der Waals surface area contributed by atoms with Gasteiger partial charge in [-0.2, -0.15) is 0 Å². The van der Waals surface area contributed by atoms with Gasteiger partial charge in [0, 0.05) is 7.11 Å². The van der Waals surface area contributed by atoms with Crippen molar-refractivity contribution in [1.29, 1.82) is 0 Å². The van der Waals surface area contributed by atoms with Crippen molar-refractivity contribution in [2.24, 2.45) is 5.40 Å². The van der Waals surface area contributed by atoms with E-state index in [0.717, 1.165) is 11.1 Å². The molecule has 2 fully saturated rings. The highest BCUT2D eigenvalue weighted by molar-refractivity contribution is 6.73. The standard InChI is InChI=1S/C13H27NOSi/c1-15-16(14,12-8-4-2-5-9-12)13-10-6-3-7-11-13/h12-13H,2-11,14H2,1H3. The minimum absolute atomic E-state index is 0.745. The molecule has 0 amide bonds. The van der Waals surface area contributed by atoms with E-state index >= 15 is 0 Å². The van der Waals surface area contributed by atoms with E-state index in [9.17, 15) is 0 Å². The second kappa shape index (κ2) is 5.65. The lowest BCUT2D eigenvalue weighted by atomic mass is 9.99. The predicted octanol–water partition coefficient (Wildman–Crippen LogP) is 3.70. The van der Waals surface area contributed by atoms with Gasteiger partial charge in [-0.05, 0) is 36.8 Å². The number of rotatable bonds is 3. The Hall–Kier alpha value is 0.137. The van der Waals surface area contributed by atoms with Gasteiger partial charge in [-0.3, -0.25) is 0 Å². The van der Waals surface area contributed by atoms with Gasteiger partial charge in [-0.25, -0.2) is 0 Å². The van der Waals surface area contributed by atoms with E-state index in [1.807, 2.05) is 7.11 Å². The van der Waals surface area contributed by atoms with E-state index in [-0.39, 0.29) is 0 Å². The van der Waals surface area contributed by atoms with Crippen LogP contribution in [0, 0.1) is 0 Å². The Morgan fingerprint density at radius 1 is 0.812 bits per heavy atom. The van der Waals surface area contributed by atoms with Gasteiger partial charge in [0.1, 0.15) is 0 Å². The predicted molar refractivity (Wildman–Crippen MR) is 70.6 cm³/mol. The van der Waals surface area contributed by atoms with Gasteiger partial charge < -0.3 is 9.83 Å². The molecule has 0 saturated heterocycles. The molecule has 0 atom stereocenters. The summed E-state index contributed by atoms with van der Waals surface area (Å²) in [5.74, 6) is 0. The van der Waals surface area contributed by atoms with Crippen LogP contribution in [0.5, 0.6) is 0 Å². The molecular formula is C13H27NOSi. The molecule has 0 unspecified atom stereocenters. The minimum atomic E-state index is -1.92. The number of hydrogen-bond acceptors (Lipinski definition) is 2. The second-order valence-corrected chi connectivity index (χ2v) is 9.48. The third-order valence-corrected chi connectivity index (χ3v) is 9.25. The average Bonchev–Trinajstić information content (AvgIpc) is 2.40. The van der Waals surface area contributed by atoms with E-state index in [2.05, 4.69) is 0 Å². The Balaban J connectivity index is 2.03. The van der Waals surface area contributed by atoms with Crippen molar-refractivity contribution in [1.82, 2.24) is 0 Å². The summed E-state index contributed by atoms with van der Waals surface area (Å²) in [7, 11) is -0.0373. The maximum atomic E-state index is 6.76. The Morgan fingerprint density at radius 2 is 1.19 bits per heavy atom. The van der Waals surface area contributed by atoms with Crippen molar-refractivity contribution in [3.8, 4) is 0 Å². The highest BCUT2D eigenvalue weighted by atomic mass is 28.4. The molecule has 2 N–H and O–H groups in total. The molecule has 2 rings (SSSR count). The summed E-state index contributed by atoms with van der Waals surface area (Å²) in [6.07, 6.45) is 13.7. The molecule has 3 heteroatoms. The van der Waals surface area contributed by atoms with Crippen molar-refractivity contribution >= 4 is 8.48 Å². The van der Waals surface area contributed by atoms with Crippen LogP contribution in [0.3, 0.4) is 0 Å². The van der Waals surface area contributed by atoms with Crippen molar-refractivity contribution in [2.75, 3.05) is 7.11 Å². The normalized spacial score (nSPS) is 25.9. The summed E-state index contributed by atoms with van der Waals surface area (Å²) in [5, 5.41) is 6.76. The van der Waals surface area contributed by atoms with Gasteiger partial charge in [0.05, 0.1) is 0 Å². The van der Waals surface area contributed by atoms with E-state index in [1.165, 1.54) is 64.2 Å². The van der Waals surface area contributed by atoms with Crippen LogP contribution in [0.1, 0.15) is 64.2 Å². The van der Waals surface area contributed by atoms with Crippen LogP contribution in [0.15, 0.2) is 0 Å². The van der Waals surface area contributed by atoms with E-state index in [1.54, 1.807) is 0 Å². The van der Waals surface area contributed by atoms with Gasteiger partial charge in [0.2, 0.25) is 0 Å². The fourth-order valence-corrected chi connectivity index (χ4v) is 7.73. The molecule has 2 nitrogen and oxygen atoms in total. The van der Waals surface area contributed by atoms with E-state index in [0.29, 0.717) is 0 Å². The minimum Gasteiger partial charge on any atom is -0.406 e. The highest BCUT2D eigenvalue weighted by Gasteiger charge is 2.46. The SMILES string of the molecule is CO[Si](N)(C1CCCCC1)C1CCCCC1. The lowest BCUT2D eigenvalue weighted by Crippen LogP contribution is -2.57. The first kappa shape index (κ1) is 12.6. The molecule has 16 heavy (non-hydrogen) atoms. The molecule has 0 spiro atoms. The highest BCUT2D eigenvalue weighted by Crippen LogP contribution is 2.45. The zero-order valence-corrected chi connectivity index (χ0v) is 11.7. The molecule has 2 aliphatic carbocycles. The Kier molecular flexibility index (Phi) is 4.45. The zero-order valence-electron chi connectivity index (χ0n) is 10.7. The lowest BCUT2D eigenvalue weighted by molar-refractivity contribution is 0.319. The molecule has 0 bridgehead atoms. The molecular weight excluding hydrogens is 214 g/mol. The average molecular weight is 241 g/mol. The van der Waals surface area contributed by atoms with Crippen LogP contribution in [0.2, 0.25) is 11.1 Å². The van der Waals surface area contributed by atoms with E-state index < -0.39 is 8.48 Å². The summed E-state index contributed by atoms with van der Waals surface area (Å²) in [6, 6.07) is 0. The van der Waals surface area contributed by atoms with Crippen LogP contribution < -0.4 is 5.40 Å². The monoisotopic (exact) mass is 241 g/mol. The number of nitrogens with two attached hydrogens (primary N) is 1. The topological polar surface area (TPSA) is 35.2 Å². The molecule has 2 aliphatic rings. The van der Waals surface area contributed by atoms with Gasteiger partial charge >= 0.3 is 0 Å². The fourth-order valence-electron chi connectivity index (χ4n) is 3.77. The summed E-state index contributed by atoms with van der Waals surface area (Å²) in [5.41, 5.74) is 1.49. The van der Waals surface area contributed by atoms with Crippen molar-refractivity contribution in [3.05, 3.63) is 0 Å². The van der Waals surface area contributed by atoms with Crippen molar-refractivity contribution in [2.45, 2.75) is 75.3 Å². The van der Waals surface area contributed by atoms with Gasteiger partial charge in [0.25, 0.3) is 8.48 Å². The van der Waals surface area contributed by atoms with E-state index in [4.69, 9.17) is 9.83 Å². The molecule has 0 aromatic rings. The Labute approximate surface area is 101 Å². The lowest BCUT2D eigenvalue weighted by Gasteiger charge is -2.42. The van der Waals surface area contributed by atoms with Crippen molar-refractivity contribution < 1.29 is 4.43 Å². The molecule has 94 valence electrons. The van der Waals surface area contributed by atoms with Crippen LogP contribution in [-0.4, -0.2) is 15.6 Å².